The van der Waals surface area contributed by atoms with Crippen LogP contribution in [0, 0.1) is 5.41 Å². The minimum atomic E-state index is -2.33. The van der Waals surface area contributed by atoms with Gasteiger partial charge in [-0.2, -0.15) is 0 Å². The zero-order chi connectivity index (χ0) is 38.2. The molecule has 0 nitrogen and oxygen atoms in total. The van der Waals surface area contributed by atoms with Crippen molar-refractivity contribution in [3.63, 3.8) is 0 Å². The molecule has 5 heteroatoms. The number of hydrogen-bond donors (Lipinski definition) is 0. The van der Waals surface area contributed by atoms with Crippen molar-refractivity contribution in [2.75, 3.05) is 0 Å². The Morgan fingerprint density at radius 3 is 0.587 bits per heavy atom. The van der Waals surface area contributed by atoms with E-state index in [-0.39, 0.29) is 35.6 Å². The van der Waals surface area contributed by atoms with Crippen LogP contribution in [-0.2, 0) is 0 Å². The van der Waals surface area contributed by atoms with Gasteiger partial charge in [-0.25, -0.2) is 0 Å². The van der Waals surface area contributed by atoms with Gasteiger partial charge in [-0.1, -0.05) is 208 Å². The van der Waals surface area contributed by atoms with Gasteiger partial charge in [-0.05, 0) is 58.2 Å². The Balaban J connectivity index is 5.66. The van der Waals surface area contributed by atoms with Gasteiger partial charge in [-0.15, -0.1) is 4.79 Å². The second-order valence-corrected chi connectivity index (χ2v) is 70.5. The van der Waals surface area contributed by atoms with E-state index in [1.54, 1.807) is 0 Å². The van der Waals surface area contributed by atoms with Gasteiger partial charge in [0.25, 0.3) is 0 Å². The minimum Gasteiger partial charge on any atom is -0.102 e. The molecule has 0 bridgehead atoms. The molecule has 1 aliphatic heterocycles. The third-order valence-corrected chi connectivity index (χ3v) is 107. The smallest absolute Gasteiger partial charge is 0.0764 e. The molecule has 1 rings (SSSR count). The van der Waals surface area contributed by atoms with E-state index in [1.807, 2.05) is 0 Å². The molecule has 0 N–H and O–H groups in total. The fourth-order valence-electron chi connectivity index (χ4n) is 17.3. The lowest BCUT2D eigenvalue weighted by Gasteiger charge is -2.76. The monoisotopic (exact) mass is 723 g/mol. The van der Waals surface area contributed by atoms with E-state index in [9.17, 15) is 0 Å². The Bertz CT molecular complexity index is 1000. The van der Waals surface area contributed by atoms with E-state index >= 15 is 0 Å². The lowest BCUT2D eigenvalue weighted by Crippen LogP contribution is -2.91. The summed E-state index contributed by atoms with van der Waals surface area (Å²) in [6.45, 7) is 80.6. The number of rotatable bonds is 3. The van der Waals surface area contributed by atoms with Crippen LogP contribution in [0.4, 0.5) is 0 Å². The molecule has 0 saturated carbocycles. The van der Waals surface area contributed by atoms with E-state index in [4.69, 9.17) is 0 Å². The average Bonchev–Trinajstić information content (AvgIpc) is 3.19. The van der Waals surface area contributed by atoms with Crippen molar-refractivity contribution in [3.8, 4) is 0 Å². The SMILES string of the molecule is CC(C)(C)C1=[Si]([Si](C(C)(C)C)(C(C)(C)C)C(C)(C)C)[Si]1([Si](C(C)(C)C)(C(C)(C)C)C(C)(C)C)[Si](C(C)(C)C)(C(C)(C)C)C(C)(C)C. The molecule has 0 spiro atoms. The van der Waals surface area contributed by atoms with E-state index in [0.29, 0.717) is 15.1 Å². The predicted octanol–water partition coefficient (Wildman–Crippen LogP) is 15.1. The van der Waals surface area contributed by atoms with Crippen molar-refractivity contribution >= 4 is 41.6 Å². The summed E-state index contributed by atoms with van der Waals surface area (Å²) in [4.78, 5) is 2.29. The van der Waals surface area contributed by atoms with Crippen molar-refractivity contribution in [2.24, 2.45) is 5.41 Å². The van der Waals surface area contributed by atoms with Crippen LogP contribution in [0.5, 0.6) is 0 Å². The largest absolute Gasteiger partial charge is 0.102 e. The molecule has 0 unspecified atom stereocenters. The second kappa shape index (κ2) is 11.2. The molecule has 0 aromatic heterocycles. The van der Waals surface area contributed by atoms with Crippen LogP contribution in [-0.4, -0.2) is 41.6 Å². The van der Waals surface area contributed by atoms with E-state index in [2.05, 4.69) is 213 Å². The zero-order valence-corrected chi connectivity index (χ0v) is 43.0. The Morgan fingerprint density at radius 1 is 0.304 bits per heavy atom. The van der Waals surface area contributed by atoms with Crippen LogP contribution in [0.1, 0.15) is 208 Å². The van der Waals surface area contributed by atoms with E-state index < -0.39 is 36.8 Å². The summed E-state index contributed by atoms with van der Waals surface area (Å²) >= 11 is 0. The predicted molar refractivity (Wildman–Crippen MR) is 231 cm³/mol. The van der Waals surface area contributed by atoms with Gasteiger partial charge in [-0.3, -0.25) is 0 Å². The van der Waals surface area contributed by atoms with Gasteiger partial charge >= 0.3 is 0 Å². The summed E-state index contributed by atoms with van der Waals surface area (Å²) in [7, 11) is -7.75. The third kappa shape index (κ3) is 5.47. The van der Waals surface area contributed by atoms with Crippen molar-refractivity contribution < 1.29 is 0 Å². The summed E-state index contributed by atoms with van der Waals surface area (Å²) in [6.07, 6.45) is 0. The number of hydrogen-bond acceptors (Lipinski definition) is 0. The molecule has 0 saturated heterocycles. The standard InChI is InChI=1S/C41H90Si5/c1-32(2,3)31-42(44(33(4,5)6,34(7,8)9)35(10,11)12)43(31,45(36(13,14)15,37(16,17)18)38(19,20)21)46(39(22,23)24,40(25,26)27)41(28,29)30/h1-30H3. The van der Waals surface area contributed by atoms with Gasteiger partial charge in [0, 0.05) is 0 Å². The molecule has 1 aliphatic rings. The molecular formula is C41H90Si5. The normalized spacial score (nSPS) is 19.2. The fraction of sp³-hybridized carbons (Fsp3) is 0.976. The first-order valence-corrected chi connectivity index (χ1v) is 32.5. The molecule has 274 valence electrons. The van der Waals surface area contributed by atoms with Crippen LogP contribution in [0.2, 0.25) is 45.3 Å². The lowest BCUT2D eigenvalue weighted by molar-refractivity contribution is 0.540. The summed E-state index contributed by atoms with van der Waals surface area (Å²) in [5.74, 6) is 0. The molecule has 0 aromatic rings. The molecule has 0 amide bonds. The van der Waals surface area contributed by atoms with E-state index in [1.165, 1.54) is 0 Å². The Hall–Kier alpha value is 0.954. The maximum Gasteiger partial charge on any atom is 0.0764 e. The summed E-state index contributed by atoms with van der Waals surface area (Å²) in [5, 5.41) is 2.51. The highest BCUT2D eigenvalue weighted by molar-refractivity contribution is 8.15. The minimum absolute atomic E-state index is 0.223. The van der Waals surface area contributed by atoms with Crippen LogP contribution in [0.15, 0.2) is 0 Å². The first-order valence-electron chi connectivity index (χ1n) is 19.0. The maximum atomic E-state index is 2.78. The van der Waals surface area contributed by atoms with Gasteiger partial charge in [0.05, 0.1) is 29.4 Å². The quantitative estimate of drug-likeness (QED) is 0.254. The molecule has 46 heavy (non-hydrogen) atoms. The molecule has 0 aliphatic carbocycles. The Kier molecular flexibility index (Phi) is 11.0. The molecule has 0 radical (unpaired) electrons. The first kappa shape index (κ1) is 45.0. The van der Waals surface area contributed by atoms with Gasteiger partial charge in [0.15, 0.2) is 0 Å². The lowest BCUT2D eigenvalue weighted by atomic mass is 10.0. The van der Waals surface area contributed by atoms with Crippen LogP contribution in [0.3, 0.4) is 0 Å². The highest BCUT2D eigenvalue weighted by atomic mass is 30.0. The van der Waals surface area contributed by atoms with Crippen molar-refractivity contribution in [3.05, 3.63) is 0 Å². The summed E-state index contributed by atoms with van der Waals surface area (Å²) < 4.78 is 0. The Labute approximate surface area is 298 Å². The van der Waals surface area contributed by atoms with Gasteiger partial charge in [0.2, 0.25) is 0 Å². The van der Waals surface area contributed by atoms with Crippen molar-refractivity contribution in [1.29, 1.82) is 0 Å². The van der Waals surface area contributed by atoms with Crippen molar-refractivity contribution in [1.82, 2.24) is 0 Å². The fourth-order valence-corrected chi connectivity index (χ4v) is 201. The molecule has 0 atom stereocenters. The zero-order valence-electron chi connectivity index (χ0n) is 38.0. The van der Waals surface area contributed by atoms with Gasteiger partial charge in [0.1, 0.15) is 0 Å². The van der Waals surface area contributed by atoms with Gasteiger partial charge < -0.3 is 0 Å². The first-order chi connectivity index (χ1) is 19.2. The highest BCUT2D eigenvalue weighted by Crippen LogP contribution is 2.80. The topological polar surface area (TPSA) is 0 Å². The van der Waals surface area contributed by atoms with Crippen LogP contribution >= 0.6 is 0 Å². The Morgan fingerprint density at radius 2 is 0.478 bits per heavy atom. The highest BCUT2D eigenvalue weighted by Gasteiger charge is 2.92. The summed E-state index contributed by atoms with van der Waals surface area (Å²) in [6, 6.07) is 0. The third-order valence-electron chi connectivity index (χ3n) is 13.3. The maximum absolute atomic E-state index is 2.78. The molecular weight excluding hydrogens is 633 g/mol. The average molecular weight is 724 g/mol. The van der Waals surface area contributed by atoms with E-state index in [0.717, 1.165) is 0 Å². The molecule has 1 heterocycles. The van der Waals surface area contributed by atoms with Crippen molar-refractivity contribution in [2.45, 2.75) is 253 Å². The van der Waals surface area contributed by atoms with Crippen LogP contribution < -0.4 is 0 Å². The molecule has 0 fully saturated rings. The molecule has 0 aromatic carbocycles. The van der Waals surface area contributed by atoms with Crippen LogP contribution in [0.25, 0.3) is 0 Å². The summed E-state index contributed by atoms with van der Waals surface area (Å²) in [5.41, 5.74) is 0.223. The second-order valence-electron chi connectivity index (χ2n) is 26.2.